The Bertz CT molecular complexity index is 2480. The normalized spacial score (nSPS) is 18.3. The molecular formula is C53H42O10. The number of hydrogen-bond donors (Lipinski definition) is 0. The molecule has 0 aromatic heterocycles. The predicted octanol–water partition coefficient (Wildman–Crippen LogP) is 9.25. The van der Waals surface area contributed by atoms with E-state index in [2.05, 4.69) is 0 Å². The van der Waals surface area contributed by atoms with E-state index in [1.807, 2.05) is 91.0 Å². The lowest BCUT2D eigenvalue weighted by molar-refractivity contribution is -0.288. The highest BCUT2D eigenvalue weighted by Crippen LogP contribution is 2.42. The Labute approximate surface area is 364 Å². The Morgan fingerprint density at radius 1 is 0.365 bits per heavy atom. The van der Waals surface area contributed by atoms with Crippen molar-refractivity contribution < 1.29 is 47.6 Å². The number of ether oxygens (including phenoxy) is 6. The number of benzene rings is 7. The van der Waals surface area contributed by atoms with Crippen molar-refractivity contribution in [3.05, 3.63) is 251 Å². The number of rotatable bonds is 14. The molecule has 10 nitrogen and oxygen atoms in total. The Hall–Kier alpha value is -7.66. The summed E-state index contributed by atoms with van der Waals surface area (Å²) < 4.78 is 38.7. The summed E-state index contributed by atoms with van der Waals surface area (Å²) >= 11 is 0. The van der Waals surface area contributed by atoms with Crippen LogP contribution in [0.4, 0.5) is 0 Å². The fourth-order valence-electron chi connectivity index (χ4n) is 7.53. The van der Waals surface area contributed by atoms with E-state index in [1.165, 1.54) is 0 Å². The van der Waals surface area contributed by atoms with Gasteiger partial charge >= 0.3 is 23.9 Å². The van der Waals surface area contributed by atoms with Gasteiger partial charge in [0.25, 0.3) is 0 Å². The van der Waals surface area contributed by atoms with Crippen LogP contribution >= 0.6 is 0 Å². The quantitative estimate of drug-likeness (QED) is 0.0595. The molecule has 10 heteroatoms. The zero-order valence-electron chi connectivity index (χ0n) is 33.9. The van der Waals surface area contributed by atoms with E-state index in [0.29, 0.717) is 0 Å². The van der Waals surface area contributed by atoms with E-state index < -0.39 is 60.2 Å². The molecule has 1 fully saturated rings. The summed E-state index contributed by atoms with van der Waals surface area (Å²) in [4.78, 5) is 56.2. The average Bonchev–Trinajstić information content (AvgIpc) is 3.35. The summed E-state index contributed by atoms with van der Waals surface area (Å²) in [6, 6.07) is 61.6. The standard InChI is InChI=1S/C53H42O10/c54-48(37-22-8-1-9-23-37)60-45-44(36-58-53(41-30-16-5-17-31-41,42-32-18-6-19-33-42)43-34-20-7-21-35-43)59-52(63-51(57)40-28-14-4-15-29-40)47(62-50(56)39-26-12-3-13-27-39)46(45)61-49(55)38-24-10-2-11-25-38/h1-35,44-47,52H,36H2/t44-,45-,46+,47+,52-/m1/s1. The second-order valence-electron chi connectivity index (χ2n) is 14.6. The van der Waals surface area contributed by atoms with Gasteiger partial charge in [0.05, 0.1) is 28.9 Å². The highest BCUT2D eigenvalue weighted by molar-refractivity contribution is 5.92. The molecule has 1 aliphatic rings. The molecule has 5 atom stereocenters. The fraction of sp³-hybridized carbons (Fsp3) is 0.132. The lowest BCUT2D eigenvalue weighted by Gasteiger charge is -2.45. The molecule has 1 aliphatic heterocycles. The van der Waals surface area contributed by atoms with Crippen molar-refractivity contribution >= 4 is 23.9 Å². The van der Waals surface area contributed by atoms with E-state index in [-0.39, 0.29) is 28.9 Å². The maximum Gasteiger partial charge on any atom is 0.340 e. The molecule has 1 saturated heterocycles. The van der Waals surface area contributed by atoms with Gasteiger partial charge in [-0.3, -0.25) is 0 Å². The first-order valence-electron chi connectivity index (χ1n) is 20.4. The molecule has 0 spiro atoms. The van der Waals surface area contributed by atoms with Crippen LogP contribution in [0.2, 0.25) is 0 Å². The topological polar surface area (TPSA) is 124 Å². The van der Waals surface area contributed by atoms with Crippen LogP contribution in [0.5, 0.6) is 0 Å². The minimum absolute atomic E-state index is 0.153. The molecule has 8 rings (SSSR count). The first-order chi connectivity index (χ1) is 30.9. The first kappa shape index (κ1) is 42.0. The summed E-state index contributed by atoms with van der Waals surface area (Å²) in [5.74, 6) is -3.28. The molecule has 0 amide bonds. The van der Waals surface area contributed by atoms with Gasteiger partial charge in [0, 0.05) is 0 Å². The van der Waals surface area contributed by atoms with Crippen LogP contribution in [0.3, 0.4) is 0 Å². The van der Waals surface area contributed by atoms with Crippen molar-refractivity contribution in [2.75, 3.05) is 6.61 Å². The first-order valence-corrected chi connectivity index (χ1v) is 20.4. The SMILES string of the molecule is O=C(O[C@H]1O[C@H](COC(c2ccccc2)(c2ccccc2)c2ccccc2)[C@@H](OC(=O)c2ccccc2)[C@H](OC(=O)c2ccccc2)[C@@H]1OC(=O)c1ccccc1)c1ccccc1. The average molecular weight is 839 g/mol. The van der Waals surface area contributed by atoms with Crippen LogP contribution < -0.4 is 0 Å². The van der Waals surface area contributed by atoms with E-state index in [0.717, 1.165) is 16.7 Å². The Morgan fingerprint density at radius 3 is 1.00 bits per heavy atom. The maximum atomic E-state index is 14.2. The number of hydrogen-bond acceptors (Lipinski definition) is 10. The summed E-state index contributed by atoms with van der Waals surface area (Å²) in [5, 5.41) is 0. The Balaban J connectivity index is 1.27. The van der Waals surface area contributed by atoms with Crippen LogP contribution in [0.25, 0.3) is 0 Å². The third-order valence-corrected chi connectivity index (χ3v) is 10.6. The van der Waals surface area contributed by atoms with Crippen LogP contribution in [0.15, 0.2) is 212 Å². The molecule has 0 N–H and O–H groups in total. The maximum absolute atomic E-state index is 14.2. The summed E-state index contributed by atoms with van der Waals surface area (Å²) in [6.45, 7) is -0.344. The smallest absolute Gasteiger partial charge is 0.340 e. The van der Waals surface area contributed by atoms with E-state index in [4.69, 9.17) is 28.4 Å². The van der Waals surface area contributed by atoms with Gasteiger partial charge in [0.1, 0.15) is 11.7 Å². The molecular weight excluding hydrogens is 797 g/mol. The minimum atomic E-state index is -1.72. The molecule has 1 heterocycles. The molecule has 0 aliphatic carbocycles. The summed E-state index contributed by atoms with van der Waals surface area (Å²) in [7, 11) is 0. The molecule has 7 aromatic rings. The minimum Gasteiger partial charge on any atom is -0.452 e. The van der Waals surface area contributed by atoms with Crippen LogP contribution in [-0.4, -0.2) is 61.2 Å². The van der Waals surface area contributed by atoms with Crippen molar-refractivity contribution in [2.45, 2.75) is 36.3 Å². The third kappa shape index (κ3) is 9.63. The second kappa shape index (κ2) is 19.8. The lowest BCUT2D eigenvalue weighted by Crippen LogP contribution is -2.63. The lowest BCUT2D eigenvalue weighted by atomic mass is 9.80. The summed E-state index contributed by atoms with van der Waals surface area (Å²) in [6.07, 6.45) is -7.88. The van der Waals surface area contributed by atoms with Crippen molar-refractivity contribution in [3.8, 4) is 0 Å². The fourth-order valence-corrected chi connectivity index (χ4v) is 7.53. The van der Waals surface area contributed by atoms with E-state index in [9.17, 15) is 19.2 Å². The number of esters is 4. The Morgan fingerprint density at radius 2 is 0.651 bits per heavy atom. The van der Waals surface area contributed by atoms with Gasteiger partial charge in [-0.1, -0.05) is 164 Å². The van der Waals surface area contributed by atoms with Gasteiger partial charge < -0.3 is 28.4 Å². The highest BCUT2D eigenvalue weighted by atomic mass is 16.7. The van der Waals surface area contributed by atoms with Gasteiger partial charge in [-0.05, 0) is 65.2 Å². The van der Waals surface area contributed by atoms with Crippen LogP contribution in [0, 0.1) is 0 Å². The molecule has 314 valence electrons. The monoisotopic (exact) mass is 838 g/mol. The van der Waals surface area contributed by atoms with E-state index >= 15 is 0 Å². The molecule has 0 bridgehead atoms. The van der Waals surface area contributed by atoms with Crippen LogP contribution in [0.1, 0.15) is 58.1 Å². The third-order valence-electron chi connectivity index (χ3n) is 10.6. The van der Waals surface area contributed by atoms with Gasteiger partial charge in [-0.15, -0.1) is 0 Å². The molecule has 0 unspecified atom stereocenters. The van der Waals surface area contributed by atoms with Crippen LogP contribution in [-0.2, 0) is 34.0 Å². The van der Waals surface area contributed by atoms with Crippen molar-refractivity contribution in [1.82, 2.24) is 0 Å². The van der Waals surface area contributed by atoms with Gasteiger partial charge in [-0.25, -0.2) is 19.2 Å². The number of carbonyl (C=O) groups is 4. The largest absolute Gasteiger partial charge is 0.452 e. The van der Waals surface area contributed by atoms with Crippen molar-refractivity contribution in [1.29, 1.82) is 0 Å². The van der Waals surface area contributed by atoms with Gasteiger partial charge in [0.2, 0.25) is 12.4 Å². The summed E-state index contributed by atoms with van der Waals surface area (Å²) in [5.41, 5.74) is 1.69. The molecule has 0 saturated carbocycles. The zero-order valence-corrected chi connectivity index (χ0v) is 33.9. The zero-order chi connectivity index (χ0) is 43.4. The molecule has 7 aromatic carbocycles. The predicted molar refractivity (Wildman–Crippen MR) is 233 cm³/mol. The Kier molecular flexibility index (Phi) is 13.2. The van der Waals surface area contributed by atoms with Gasteiger partial charge in [0.15, 0.2) is 12.2 Å². The van der Waals surface area contributed by atoms with Crippen molar-refractivity contribution in [3.63, 3.8) is 0 Å². The van der Waals surface area contributed by atoms with E-state index in [1.54, 1.807) is 121 Å². The molecule has 63 heavy (non-hydrogen) atoms. The van der Waals surface area contributed by atoms with Crippen molar-refractivity contribution in [2.24, 2.45) is 0 Å². The molecule has 0 radical (unpaired) electrons. The number of carbonyl (C=O) groups excluding carboxylic acids is 4. The van der Waals surface area contributed by atoms with Gasteiger partial charge in [-0.2, -0.15) is 0 Å². The highest BCUT2D eigenvalue weighted by Gasteiger charge is 2.55. The second-order valence-corrected chi connectivity index (χ2v) is 14.6.